The molecule has 0 spiro atoms. The number of hydrogen-bond donors (Lipinski definition) is 0. The molecule has 1 aromatic carbocycles. The van der Waals surface area contributed by atoms with E-state index >= 15 is 0 Å². The second-order valence-corrected chi connectivity index (χ2v) is 5.68. The second-order valence-electron chi connectivity index (χ2n) is 5.68. The number of fused-ring (bicyclic) bond motifs is 3. The molecule has 22 heavy (non-hydrogen) atoms. The molecule has 2 aliphatic rings. The fourth-order valence-corrected chi connectivity index (χ4v) is 2.76. The van der Waals surface area contributed by atoms with E-state index in [0.29, 0.717) is 0 Å². The zero-order valence-electron chi connectivity index (χ0n) is 12.5. The molecule has 1 saturated heterocycles. The van der Waals surface area contributed by atoms with Crippen molar-refractivity contribution in [1.82, 2.24) is 14.9 Å². The fourth-order valence-electron chi connectivity index (χ4n) is 2.76. The molecule has 0 saturated carbocycles. The predicted molar refractivity (Wildman–Crippen MR) is 85.7 cm³/mol. The molecule has 2 aromatic rings. The first-order valence-electron chi connectivity index (χ1n) is 7.51. The van der Waals surface area contributed by atoms with Crippen LogP contribution in [-0.2, 0) is 0 Å². The van der Waals surface area contributed by atoms with E-state index < -0.39 is 0 Å². The smallest absolute Gasteiger partial charge is 0.127 e. The minimum atomic E-state index is 0.754. The molecular formula is C17H17N5. The highest BCUT2D eigenvalue weighted by Gasteiger charge is 2.13. The largest absolute Gasteiger partial charge is 0.303 e. The standard InChI is InChI=1S/C17H17N5/c1-21-6-8-22(9-7-21)19-11-13-10-15-14-4-2-3-5-16(14)20-17(15)12-18-13/h2-5,10,12H,6-9H2,1H3. The maximum absolute atomic E-state index is 4.58. The first-order valence-corrected chi connectivity index (χ1v) is 7.51. The molecule has 2 aliphatic heterocycles. The van der Waals surface area contributed by atoms with Gasteiger partial charge in [0.15, 0.2) is 0 Å². The first kappa shape index (κ1) is 13.2. The summed E-state index contributed by atoms with van der Waals surface area (Å²) in [5, 5.41) is 8.16. The average Bonchev–Trinajstić information content (AvgIpc) is 2.92. The Balaban J connectivity index is 1.69. The van der Waals surface area contributed by atoms with E-state index in [1.165, 1.54) is 0 Å². The molecule has 5 nitrogen and oxygen atoms in total. The number of aromatic nitrogens is 1. The van der Waals surface area contributed by atoms with Crippen molar-refractivity contribution >= 4 is 11.6 Å². The lowest BCUT2D eigenvalue weighted by Gasteiger charge is -2.29. The van der Waals surface area contributed by atoms with Gasteiger partial charge < -0.3 is 4.90 Å². The highest BCUT2D eigenvalue weighted by molar-refractivity contribution is 5.79. The number of rotatable bonds is 1. The zero-order chi connectivity index (χ0) is 14.9. The van der Waals surface area contributed by atoms with Crippen LogP contribution in [0.15, 0.2) is 46.6 Å². The predicted octanol–water partition coefficient (Wildman–Crippen LogP) is 0.517. The molecule has 0 N–H and O–H groups in total. The van der Waals surface area contributed by atoms with E-state index in [1.807, 2.05) is 29.3 Å². The van der Waals surface area contributed by atoms with Gasteiger partial charge in [0.05, 0.1) is 17.2 Å². The molecule has 3 heterocycles. The van der Waals surface area contributed by atoms with Crippen LogP contribution in [0.2, 0.25) is 0 Å². The van der Waals surface area contributed by atoms with Crippen molar-refractivity contribution in [3.05, 3.63) is 47.2 Å². The van der Waals surface area contributed by atoms with Crippen LogP contribution in [-0.4, -0.2) is 54.0 Å². The Morgan fingerprint density at radius 2 is 1.91 bits per heavy atom. The highest BCUT2D eigenvalue weighted by atomic mass is 15.5. The highest BCUT2D eigenvalue weighted by Crippen LogP contribution is 2.30. The van der Waals surface area contributed by atoms with Gasteiger partial charge >= 0.3 is 0 Å². The summed E-state index contributed by atoms with van der Waals surface area (Å²) in [6, 6.07) is 10.2. The van der Waals surface area contributed by atoms with Gasteiger partial charge in [-0.2, -0.15) is 0 Å². The number of piperazine rings is 1. The Bertz CT molecular complexity index is 859. The summed E-state index contributed by atoms with van der Waals surface area (Å²) in [7, 11) is 2.13. The minimum absolute atomic E-state index is 0.754. The average molecular weight is 291 g/mol. The SMILES string of the molecule is CN1CCN(N=C=c2cc3c(cn2)=Nc2ccccc2-3)CC1. The third-order valence-corrected chi connectivity index (χ3v) is 4.10. The van der Waals surface area contributed by atoms with E-state index in [2.05, 4.69) is 39.0 Å². The fraction of sp³-hybridized carbons (Fsp3) is 0.294. The monoisotopic (exact) mass is 291 g/mol. The number of nitrogens with zero attached hydrogens (tertiary/aromatic N) is 5. The van der Waals surface area contributed by atoms with Gasteiger partial charge in [-0.05, 0) is 19.2 Å². The maximum Gasteiger partial charge on any atom is 0.127 e. The van der Waals surface area contributed by atoms with Gasteiger partial charge in [0.25, 0.3) is 0 Å². The van der Waals surface area contributed by atoms with Crippen LogP contribution in [0.25, 0.3) is 11.1 Å². The van der Waals surface area contributed by atoms with Crippen LogP contribution in [0.3, 0.4) is 0 Å². The Kier molecular flexibility index (Phi) is 3.22. The van der Waals surface area contributed by atoms with E-state index in [1.54, 1.807) is 6.20 Å². The quantitative estimate of drug-likeness (QED) is 0.614. The third kappa shape index (κ3) is 2.41. The number of para-hydroxylation sites is 1. The molecule has 0 bridgehead atoms. The molecule has 1 fully saturated rings. The minimum Gasteiger partial charge on any atom is -0.303 e. The summed E-state index contributed by atoms with van der Waals surface area (Å²) in [6.07, 6.45) is 1.80. The van der Waals surface area contributed by atoms with Crippen molar-refractivity contribution in [3.8, 4) is 11.1 Å². The van der Waals surface area contributed by atoms with Crippen molar-refractivity contribution in [1.29, 1.82) is 0 Å². The van der Waals surface area contributed by atoms with E-state index in [-0.39, 0.29) is 0 Å². The van der Waals surface area contributed by atoms with Gasteiger partial charge in [0.2, 0.25) is 0 Å². The van der Waals surface area contributed by atoms with Gasteiger partial charge in [0, 0.05) is 43.2 Å². The van der Waals surface area contributed by atoms with Crippen molar-refractivity contribution in [2.24, 2.45) is 10.1 Å². The van der Waals surface area contributed by atoms with E-state index in [0.717, 1.165) is 53.7 Å². The van der Waals surface area contributed by atoms with Crippen molar-refractivity contribution < 1.29 is 0 Å². The van der Waals surface area contributed by atoms with Crippen molar-refractivity contribution in [3.63, 3.8) is 0 Å². The molecule has 4 rings (SSSR count). The Morgan fingerprint density at radius 3 is 2.77 bits per heavy atom. The van der Waals surface area contributed by atoms with Gasteiger partial charge in [-0.25, -0.2) is 9.98 Å². The molecule has 0 atom stereocenters. The molecule has 5 heteroatoms. The van der Waals surface area contributed by atoms with E-state index in [9.17, 15) is 0 Å². The first-order chi connectivity index (χ1) is 10.8. The van der Waals surface area contributed by atoms with Crippen molar-refractivity contribution in [2.75, 3.05) is 33.2 Å². The second kappa shape index (κ2) is 5.37. The molecule has 0 radical (unpaired) electrons. The lowest BCUT2D eigenvalue weighted by Crippen LogP contribution is -2.41. The van der Waals surface area contributed by atoms with Gasteiger partial charge in [-0.1, -0.05) is 18.2 Å². The molecule has 110 valence electrons. The van der Waals surface area contributed by atoms with Crippen LogP contribution < -0.4 is 10.7 Å². The lowest BCUT2D eigenvalue weighted by molar-refractivity contribution is 0.160. The molecule has 0 unspecified atom stereocenters. The number of hydrazone groups is 1. The summed E-state index contributed by atoms with van der Waals surface area (Å²) in [5.41, 5.74) is 3.27. The number of pyridine rings is 1. The number of likely N-dealkylation sites (N-methyl/N-ethyl adjacent to an activating group) is 1. The topological polar surface area (TPSA) is 44.1 Å². The lowest BCUT2D eigenvalue weighted by atomic mass is 10.1. The summed E-state index contributed by atoms with van der Waals surface area (Å²) >= 11 is 0. The molecule has 0 aliphatic carbocycles. The third-order valence-electron chi connectivity index (χ3n) is 4.10. The van der Waals surface area contributed by atoms with Crippen molar-refractivity contribution in [2.45, 2.75) is 0 Å². The molecule has 1 aromatic heterocycles. The Morgan fingerprint density at radius 1 is 1.09 bits per heavy atom. The molecule has 0 amide bonds. The number of hydrogen-bond acceptors (Lipinski definition) is 5. The summed E-state index contributed by atoms with van der Waals surface area (Å²) in [6.45, 7) is 3.95. The Labute approximate surface area is 128 Å². The summed E-state index contributed by atoms with van der Waals surface area (Å²) in [5.74, 6) is 3.07. The van der Waals surface area contributed by atoms with Crippen LogP contribution in [0.1, 0.15) is 0 Å². The van der Waals surface area contributed by atoms with E-state index in [4.69, 9.17) is 0 Å². The van der Waals surface area contributed by atoms with Gasteiger partial charge in [-0.3, -0.25) is 5.01 Å². The normalized spacial score (nSPS) is 16.5. The summed E-state index contributed by atoms with van der Waals surface area (Å²) in [4.78, 5) is 11.3. The maximum atomic E-state index is 4.58. The number of benzene rings is 1. The molecular weight excluding hydrogens is 274 g/mol. The van der Waals surface area contributed by atoms with Crippen LogP contribution >= 0.6 is 0 Å². The zero-order valence-corrected chi connectivity index (χ0v) is 12.5. The van der Waals surface area contributed by atoms with Gasteiger partial charge in [-0.15, -0.1) is 5.10 Å². The summed E-state index contributed by atoms with van der Waals surface area (Å²) < 4.78 is 0. The van der Waals surface area contributed by atoms with Crippen LogP contribution in [0.5, 0.6) is 0 Å². The van der Waals surface area contributed by atoms with Crippen LogP contribution in [0, 0.1) is 0 Å². The van der Waals surface area contributed by atoms with Gasteiger partial charge in [0.1, 0.15) is 5.35 Å². The van der Waals surface area contributed by atoms with Crippen LogP contribution in [0.4, 0.5) is 5.69 Å². The Hall–Kier alpha value is -2.49.